The van der Waals surface area contributed by atoms with Crippen LogP contribution in [0.4, 0.5) is 0 Å². The van der Waals surface area contributed by atoms with Crippen molar-refractivity contribution >= 4 is 10.2 Å². The van der Waals surface area contributed by atoms with Crippen LogP contribution in [0.5, 0.6) is 0 Å². The van der Waals surface area contributed by atoms with Crippen molar-refractivity contribution in [2.24, 2.45) is 0 Å². The molecule has 0 bridgehead atoms. The predicted octanol–water partition coefficient (Wildman–Crippen LogP) is -0.0704. The minimum absolute atomic E-state index is 0.0927. The summed E-state index contributed by atoms with van der Waals surface area (Å²) >= 11 is 0. The normalized spacial score (nSPS) is 24.9. The third-order valence-electron chi connectivity index (χ3n) is 3.05. The van der Waals surface area contributed by atoms with E-state index >= 15 is 0 Å². The summed E-state index contributed by atoms with van der Waals surface area (Å²) in [6.07, 6.45) is 1.54. The van der Waals surface area contributed by atoms with Crippen LogP contribution in [0.3, 0.4) is 0 Å². The molecule has 0 radical (unpaired) electrons. The van der Waals surface area contributed by atoms with Crippen LogP contribution >= 0.6 is 0 Å². The Labute approximate surface area is 110 Å². The maximum atomic E-state index is 12.3. The molecule has 6 nitrogen and oxygen atoms in total. The molecule has 1 aliphatic heterocycles. The summed E-state index contributed by atoms with van der Waals surface area (Å²) in [5.41, 5.74) is 0. The lowest BCUT2D eigenvalue weighted by molar-refractivity contribution is 0.102. The molecule has 1 heterocycles. The number of hydrogen-bond donors (Lipinski definition) is 2. The molecule has 1 unspecified atom stereocenters. The van der Waals surface area contributed by atoms with Crippen LogP contribution in [0.25, 0.3) is 0 Å². The Morgan fingerprint density at radius 3 is 2.39 bits per heavy atom. The maximum absolute atomic E-state index is 12.3. The molecule has 2 atom stereocenters. The van der Waals surface area contributed by atoms with Gasteiger partial charge in [0.2, 0.25) is 0 Å². The Kier molecular flexibility index (Phi) is 6.51. The van der Waals surface area contributed by atoms with Crippen LogP contribution < -0.4 is 10.0 Å². The van der Waals surface area contributed by atoms with Gasteiger partial charge in [-0.15, -0.1) is 0 Å². The molecule has 2 N–H and O–H groups in total. The topological polar surface area (TPSA) is 70.7 Å². The number of rotatable bonds is 8. The molecule has 7 heteroatoms. The zero-order valence-electron chi connectivity index (χ0n) is 11.5. The van der Waals surface area contributed by atoms with Crippen molar-refractivity contribution in [3.8, 4) is 0 Å². The summed E-state index contributed by atoms with van der Waals surface area (Å²) in [6, 6.07) is -0.184. The van der Waals surface area contributed by atoms with E-state index in [1.165, 1.54) is 4.31 Å². The van der Waals surface area contributed by atoms with Crippen molar-refractivity contribution in [2.45, 2.75) is 38.8 Å². The highest BCUT2D eigenvalue weighted by atomic mass is 32.2. The van der Waals surface area contributed by atoms with Gasteiger partial charge in [-0.05, 0) is 12.8 Å². The predicted molar refractivity (Wildman–Crippen MR) is 71.7 cm³/mol. The van der Waals surface area contributed by atoms with E-state index in [1.54, 1.807) is 7.11 Å². The SMILES string of the molecule is CCCN(CCC)S(=O)(=O)NC1CNC[C@@H]1OC. The fraction of sp³-hybridized carbons (Fsp3) is 1.00. The quantitative estimate of drug-likeness (QED) is 0.652. The zero-order chi connectivity index (χ0) is 13.6. The highest BCUT2D eigenvalue weighted by Gasteiger charge is 2.32. The minimum Gasteiger partial charge on any atom is -0.378 e. The van der Waals surface area contributed by atoms with E-state index in [9.17, 15) is 8.42 Å². The minimum atomic E-state index is -3.41. The first kappa shape index (κ1) is 15.8. The van der Waals surface area contributed by atoms with Gasteiger partial charge in [-0.1, -0.05) is 13.8 Å². The highest BCUT2D eigenvalue weighted by molar-refractivity contribution is 7.87. The number of nitrogens with one attached hydrogen (secondary N) is 2. The summed E-state index contributed by atoms with van der Waals surface area (Å²) in [6.45, 7) is 6.37. The first-order valence-corrected chi connectivity index (χ1v) is 8.00. The molecule has 1 fully saturated rings. The highest BCUT2D eigenvalue weighted by Crippen LogP contribution is 2.08. The first-order valence-electron chi connectivity index (χ1n) is 6.56. The molecular formula is C11H25N3O3S. The molecule has 0 aliphatic carbocycles. The first-order chi connectivity index (χ1) is 8.55. The standard InChI is InChI=1S/C11H25N3O3S/c1-4-6-14(7-5-2)18(15,16)13-10-8-12-9-11(10)17-3/h10-13H,4-9H2,1-3H3/t10?,11-/m0/s1. The molecule has 18 heavy (non-hydrogen) atoms. The monoisotopic (exact) mass is 279 g/mol. The van der Waals surface area contributed by atoms with Crippen molar-refractivity contribution in [2.75, 3.05) is 33.3 Å². The summed E-state index contributed by atoms with van der Waals surface area (Å²) in [5, 5.41) is 3.13. The van der Waals surface area contributed by atoms with Gasteiger partial charge in [0.1, 0.15) is 0 Å². The molecule has 0 spiro atoms. The number of methoxy groups -OCH3 is 1. The molecule has 0 aromatic rings. The van der Waals surface area contributed by atoms with Crippen molar-refractivity contribution in [3.63, 3.8) is 0 Å². The second-order valence-corrected chi connectivity index (χ2v) is 6.26. The van der Waals surface area contributed by atoms with Crippen LogP contribution in [-0.2, 0) is 14.9 Å². The van der Waals surface area contributed by atoms with E-state index in [1.807, 2.05) is 13.8 Å². The van der Waals surface area contributed by atoms with Crippen LogP contribution in [-0.4, -0.2) is 58.2 Å². The van der Waals surface area contributed by atoms with Gasteiger partial charge in [0.15, 0.2) is 0 Å². The molecule has 1 aliphatic rings. The average molecular weight is 279 g/mol. The molecule has 0 aromatic heterocycles. The van der Waals surface area contributed by atoms with Crippen LogP contribution in [0, 0.1) is 0 Å². The molecular weight excluding hydrogens is 254 g/mol. The summed E-state index contributed by atoms with van der Waals surface area (Å²) in [5.74, 6) is 0. The van der Waals surface area contributed by atoms with E-state index in [4.69, 9.17) is 4.74 Å². The third-order valence-corrected chi connectivity index (χ3v) is 4.69. The van der Waals surface area contributed by atoms with Gasteiger partial charge in [0.05, 0.1) is 12.1 Å². The fourth-order valence-electron chi connectivity index (χ4n) is 2.14. The van der Waals surface area contributed by atoms with Gasteiger partial charge in [0, 0.05) is 33.3 Å². The Morgan fingerprint density at radius 1 is 1.28 bits per heavy atom. The van der Waals surface area contributed by atoms with Crippen molar-refractivity contribution in [3.05, 3.63) is 0 Å². The second kappa shape index (κ2) is 7.40. The lowest BCUT2D eigenvalue weighted by Crippen LogP contribution is -2.50. The van der Waals surface area contributed by atoms with Crippen LogP contribution in [0.2, 0.25) is 0 Å². The van der Waals surface area contributed by atoms with Gasteiger partial charge >= 0.3 is 0 Å². The van der Waals surface area contributed by atoms with Gasteiger partial charge in [-0.3, -0.25) is 0 Å². The van der Waals surface area contributed by atoms with Crippen molar-refractivity contribution in [1.82, 2.24) is 14.3 Å². The van der Waals surface area contributed by atoms with E-state index in [0.717, 1.165) is 12.8 Å². The second-order valence-electron chi connectivity index (χ2n) is 4.56. The van der Waals surface area contributed by atoms with Gasteiger partial charge in [0.25, 0.3) is 10.2 Å². The van der Waals surface area contributed by atoms with Crippen molar-refractivity contribution < 1.29 is 13.2 Å². The van der Waals surface area contributed by atoms with Gasteiger partial charge in [-0.2, -0.15) is 17.4 Å². The summed E-state index contributed by atoms with van der Waals surface area (Å²) < 4.78 is 34.0. The fourth-order valence-corrected chi connectivity index (χ4v) is 3.75. The summed E-state index contributed by atoms with van der Waals surface area (Å²) in [7, 11) is -1.80. The number of hydrogen-bond acceptors (Lipinski definition) is 4. The molecule has 0 amide bonds. The van der Waals surface area contributed by atoms with Crippen LogP contribution in [0.15, 0.2) is 0 Å². The molecule has 1 saturated heterocycles. The molecule has 108 valence electrons. The van der Waals surface area contributed by atoms with E-state index in [2.05, 4.69) is 10.0 Å². The van der Waals surface area contributed by atoms with E-state index in [-0.39, 0.29) is 12.1 Å². The lowest BCUT2D eigenvalue weighted by Gasteiger charge is -2.25. The van der Waals surface area contributed by atoms with E-state index < -0.39 is 10.2 Å². The Morgan fingerprint density at radius 2 is 1.89 bits per heavy atom. The largest absolute Gasteiger partial charge is 0.378 e. The molecule has 0 saturated carbocycles. The Balaban J connectivity index is 2.66. The maximum Gasteiger partial charge on any atom is 0.279 e. The van der Waals surface area contributed by atoms with E-state index in [0.29, 0.717) is 26.2 Å². The lowest BCUT2D eigenvalue weighted by atomic mass is 10.2. The number of nitrogens with zero attached hydrogens (tertiary/aromatic N) is 1. The third kappa shape index (κ3) is 4.17. The van der Waals surface area contributed by atoms with Gasteiger partial charge < -0.3 is 10.1 Å². The summed E-state index contributed by atoms with van der Waals surface area (Å²) in [4.78, 5) is 0. The average Bonchev–Trinajstić information content (AvgIpc) is 2.75. The zero-order valence-corrected chi connectivity index (χ0v) is 12.3. The molecule has 0 aromatic carbocycles. The number of ether oxygens (including phenoxy) is 1. The van der Waals surface area contributed by atoms with Gasteiger partial charge in [-0.25, -0.2) is 0 Å². The Hall–Kier alpha value is -0.210. The molecule has 1 rings (SSSR count). The smallest absolute Gasteiger partial charge is 0.279 e. The van der Waals surface area contributed by atoms with Crippen LogP contribution in [0.1, 0.15) is 26.7 Å². The van der Waals surface area contributed by atoms with Crippen molar-refractivity contribution in [1.29, 1.82) is 0 Å². The Bertz CT molecular complexity index is 328.